The van der Waals surface area contributed by atoms with E-state index in [1.54, 1.807) is 23.1 Å². The first-order chi connectivity index (χ1) is 16.8. The van der Waals surface area contributed by atoms with E-state index in [9.17, 15) is 19.2 Å². The fraction of sp³-hybridized carbons (Fsp3) is 0.360. The topological polar surface area (TPSA) is 105 Å². The van der Waals surface area contributed by atoms with E-state index < -0.39 is 23.7 Å². The van der Waals surface area contributed by atoms with Crippen LogP contribution in [0.4, 0.5) is 0 Å². The summed E-state index contributed by atoms with van der Waals surface area (Å²) >= 11 is 0. The third-order valence-electron chi connectivity index (χ3n) is 6.23. The van der Waals surface area contributed by atoms with Gasteiger partial charge in [-0.25, -0.2) is 0 Å². The van der Waals surface area contributed by atoms with Crippen LogP contribution < -0.4 is 10.1 Å². The van der Waals surface area contributed by atoms with Gasteiger partial charge in [-0.2, -0.15) is 0 Å². The van der Waals surface area contributed by atoms with Crippen LogP contribution >= 0.6 is 0 Å². The standard InChI is InChI=1S/C25H25N3O6/c29-22-9-8-20(24(31)26-22)28-13-19-18(25(28)32)2-1-3-21(19)34-14-17-6-4-16(5-7-17)12-27-10-11-33-15-23(27)30/h1-7,20H,8-15H2,(H,26,29,31)/t20-/m1/s1/i20D. The van der Waals surface area contributed by atoms with E-state index in [0.717, 1.165) is 11.1 Å². The van der Waals surface area contributed by atoms with Crippen LogP contribution in [-0.2, 0) is 38.8 Å². The summed E-state index contributed by atoms with van der Waals surface area (Å²) in [6.45, 7) is 2.10. The van der Waals surface area contributed by atoms with Gasteiger partial charge >= 0.3 is 0 Å². The van der Waals surface area contributed by atoms with Crippen LogP contribution in [0.2, 0.25) is 0 Å². The molecule has 1 atom stereocenters. The Kier molecular flexibility index (Phi) is 5.68. The number of hydrogen-bond donors (Lipinski definition) is 1. The SMILES string of the molecule is [2H][C@@]1(N2Cc3c(OCc4ccc(CN5CCOCC5=O)cc4)cccc3C2=O)CCC(=O)NC1=O. The molecule has 0 unspecified atom stereocenters. The minimum atomic E-state index is -1.83. The number of amides is 4. The molecule has 0 bridgehead atoms. The third kappa shape index (κ3) is 4.38. The van der Waals surface area contributed by atoms with Gasteiger partial charge < -0.3 is 19.3 Å². The first-order valence-corrected chi connectivity index (χ1v) is 11.2. The van der Waals surface area contributed by atoms with Crippen LogP contribution in [0.5, 0.6) is 5.75 Å². The molecule has 2 saturated heterocycles. The Bertz CT molecular complexity index is 1200. The zero-order chi connectivity index (χ0) is 24.6. The lowest BCUT2D eigenvalue weighted by atomic mass is 10.0. The average Bonchev–Trinajstić information content (AvgIpc) is 3.20. The molecule has 9 heteroatoms. The number of hydrogen-bond acceptors (Lipinski definition) is 6. The minimum Gasteiger partial charge on any atom is -0.489 e. The normalized spacial score (nSPS) is 23.0. The molecule has 2 aromatic carbocycles. The molecule has 0 aromatic heterocycles. The van der Waals surface area contributed by atoms with E-state index in [2.05, 4.69) is 5.32 Å². The molecule has 176 valence electrons. The van der Waals surface area contributed by atoms with Crippen LogP contribution in [0.1, 0.15) is 41.3 Å². The lowest BCUT2D eigenvalue weighted by Crippen LogP contribution is -2.52. The number of carbonyl (C=O) groups excluding carboxylic acids is 4. The molecule has 0 saturated carbocycles. The third-order valence-corrected chi connectivity index (χ3v) is 6.23. The molecule has 4 amide bonds. The first kappa shape index (κ1) is 20.9. The maximum Gasteiger partial charge on any atom is 0.255 e. The highest BCUT2D eigenvalue weighted by atomic mass is 16.5. The maximum absolute atomic E-state index is 13.0. The fourth-order valence-corrected chi connectivity index (χ4v) is 4.36. The van der Waals surface area contributed by atoms with Gasteiger partial charge in [0.2, 0.25) is 17.7 Å². The van der Waals surface area contributed by atoms with Crippen LogP contribution in [0.3, 0.4) is 0 Å². The van der Waals surface area contributed by atoms with Crippen molar-refractivity contribution in [2.24, 2.45) is 0 Å². The van der Waals surface area contributed by atoms with Gasteiger partial charge in [-0.15, -0.1) is 0 Å². The molecule has 0 spiro atoms. The summed E-state index contributed by atoms with van der Waals surface area (Å²) in [6, 6.07) is 11.1. The first-order valence-electron chi connectivity index (χ1n) is 11.7. The van der Waals surface area contributed by atoms with Crippen LogP contribution in [0.25, 0.3) is 0 Å². The molecule has 5 rings (SSSR count). The number of imide groups is 1. The molecule has 2 fully saturated rings. The molecular weight excluding hydrogens is 438 g/mol. The summed E-state index contributed by atoms with van der Waals surface area (Å²) in [5, 5.41) is 2.17. The Balaban J connectivity index is 1.26. The van der Waals surface area contributed by atoms with Gasteiger partial charge in [0.15, 0.2) is 0 Å². The fourth-order valence-electron chi connectivity index (χ4n) is 4.36. The second-order valence-corrected chi connectivity index (χ2v) is 8.47. The number of rotatable bonds is 6. The Morgan fingerprint density at radius 3 is 2.65 bits per heavy atom. The zero-order valence-corrected chi connectivity index (χ0v) is 18.5. The summed E-state index contributed by atoms with van der Waals surface area (Å²) < 4.78 is 19.8. The highest BCUT2D eigenvalue weighted by molar-refractivity contribution is 6.05. The lowest BCUT2D eigenvalue weighted by Gasteiger charge is -2.29. The summed E-state index contributed by atoms with van der Waals surface area (Å²) in [4.78, 5) is 51.9. The van der Waals surface area contributed by atoms with Gasteiger partial charge in [-0.3, -0.25) is 24.5 Å². The average molecular weight is 464 g/mol. The van der Waals surface area contributed by atoms with Crippen molar-refractivity contribution in [3.8, 4) is 5.75 Å². The van der Waals surface area contributed by atoms with Gasteiger partial charge in [0.25, 0.3) is 5.91 Å². The van der Waals surface area contributed by atoms with Crippen molar-refractivity contribution in [2.75, 3.05) is 19.8 Å². The summed E-state index contributed by atoms with van der Waals surface area (Å²) in [7, 11) is 0. The molecule has 2 aromatic rings. The van der Waals surface area contributed by atoms with Crippen LogP contribution in [0, 0.1) is 0 Å². The smallest absolute Gasteiger partial charge is 0.255 e. The Labute approximate surface area is 198 Å². The monoisotopic (exact) mass is 464 g/mol. The summed E-state index contributed by atoms with van der Waals surface area (Å²) in [5.74, 6) is -1.15. The molecular formula is C25H25N3O6. The molecule has 34 heavy (non-hydrogen) atoms. The van der Waals surface area contributed by atoms with Crippen molar-refractivity contribution < 1.29 is 30.0 Å². The molecule has 3 heterocycles. The summed E-state index contributed by atoms with van der Waals surface area (Å²) in [5.41, 5.74) is 2.94. The molecule has 3 aliphatic rings. The quantitative estimate of drug-likeness (QED) is 0.648. The van der Waals surface area contributed by atoms with Gasteiger partial charge in [-0.1, -0.05) is 30.3 Å². The van der Waals surface area contributed by atoms with E-state index in [1.165, 1.54) is 4.90 Å². The van der Waals surface area contributed by atoms with E-state index in [4.69, 9.17) is 10.8 Å². The molecule has 9 nitrogen and oxygen atoms in total. The van der Waals surface area contributed by atoms with Crippen molar-refractivity contribution in [3.05, 3.63) is 64.7 Å². The number of piperidine rings is 1. The van der Waals surface area contributed by atoms with Crippen molar-refractivity contribution >= 4 is 23.6 Å². The second-order valence-electron chi connectivity index (χ2n) is 8.47. The van der Waals surface area contributed by atoms with Crippen LogP contribution in [-0.4, -0.2) is 59.2 Å². The van der Waals surface area contributed by atoms with Gasteiger partial charge in [0.05, 0.1) is 14.5 Å². The maximum atomic E-state index is 13.0. The minimum absolute atomic E-state index is 0.00835. The van der Waals surface area contributed by atoms with Crippen molar-refractivity contribution in [1.29, 1.82) is 0 Å². The van der Waals surface area contributed by atoms with E-state index in [0.29, 0.717) is 36.6 Å². The van der Waals surface area contributed by atoms with Gasteiger partial charge in [-0.05, 0) is 29.7 Å². The number of fused-ring (bicyclic) bond motifs is 1. The van der Waals surface area contributed by atoms with E-state index >= 15 is 0 Å². The predicted octanol–water partition coefficient (Wildman–Crippen LogP) is 1.39. The Hall–Kier alpha value is -3.72. The van der Waals surface area contributed by atoms with Gasteiger partial charge in [0.1, 0.15) is 25.0 Å². The van der Waals surface area contributed by atoms with E-state index in [1.807, 2.05) is 24.3 Å². The predicted molar refractivity (Wildman–Crippen MR) is 119 cm³/mol. The zero-order valence-electron chi connectivity index (χ0n) is 19.5. The number of nitrogens with zero attached hydrogens (tertiary/aromatic N) is 2. The highest BCUT2D eigenvalue weighted by Crippen LogP contribution is 2.34. The number of benzene rings is 2. The number of carbonyl (C=O) groups is 4. The van der Waals surface area contributed by atoms with Crippen molar-refractivity contribution in [1.82, 2.24) is 15.1 Å². The Morgan fingerprint density at radius 2 is 1.88 bits per heavy atom. The van der Waals surface area contributed by atoms with Gasteiger partial charge in [0, 0.05) is 30.6 Å². The van der Waals surface area contributed by atoms with Crippen LogP contribution in [0.15, 0.2) is 42.5 Å². The molecule has 3 aliphatic heterocycles. The molecule has 1 N–H and O–H groups in total. The molecule has 0 aliphatic carbocycles. The summed E-state index contributed by atoms with van der Waals surface area (Å²) in [6.07, 6.45) is -0.0373. The highest BCUT2D eigenvalue weighted by Gasteiger charge is 2.40. The van der Waals surface area contributed by atoms with E-state index in [-0.39, 0.29) is 38.5 Å². The number of ether oxygens (including phenoxy) is 2. The molecule has 0 radical (unpaired) electrons. The lowest BCUT2D eigenvalue weighted by molar-refractivity contribution is -0.143. The Morgan fingerprint density at radius 1 is 1.09 bits per heavy atom. The number of morpholine rings is 1. The largest absolute Gasteiger partial charge is 0.489 e. The number of nitrogens with one attached hydrogen (secondary N) is 1. The second kappa shape index (κ2) is 9.26. The van der Waals surface area contributed by atoms with Crippen molar-refractivity contribution in [3.63, 3.8) is 0 Å². The van der Waals surface area contributed by atoms with Crippen molar-refractivity contribution in [2.45, 2.75) is 38.6 Å².